The molecule has 2 aliphatic heterocycles. The number of methoxy groups -OCH3 is 1. The Kier molecular flexibility index (Phi) is 16.3. The van der Waals surface area contributed by atoms with Crippen molar-refractivity contribution in [1.82, 2.24) is 0 Å². The summed E-state index contributed by atoms with van der Waals surface area (Å²) in [5.41, 5.74) is 0.637. The van der Waals surface area contributed by atoms with Crippen LogP contribution in [-0.4, -0.2) is 76.7 Å². The van der Waals surface area contributed by atoms with E-state index < -0.39 is 25.3 Å². The Labute approximate surface area is 317 Å². The fourth-order valence-electron chi connectivity index (χ4n) is 6.69. The summed E-state index contributed by atoms with van der Waals surface area (Å²) in [6, 6.07) is 8.05. The summed E-state index contributed by atoms with van der Waals surface area (Å²) in [6.07, 6.45) is 6.85. The molecule has 2 saturated heterocycles. The minimum absolute atomic E-state index is 0.0121. The number of rotatable bonds is 20. The van der Waals surface area contributed by atoms with E-state index in [0.29, 0.717) is 26.2 Å². The second kappa shape index (κ2) is 18.9. The summed E-state index contributed by atoms with van der Waals surface area (Å²) < 4.78 is 50.2. The van der Waals surface area contributed by atoms with Crippen LogP contribution in [0.2, 0.25) is 18.1 Å². The van der Waals surface area contributed by atoms with E-state index in [1.54, 1.807) is 7.11 Å². The molecule has 0 saturated carbocycles. The van der Waals surface area contributed by atoms with Gasteiger partial charge in [-0.15, -0.1) is 0 Å². The van der Waals surface area contributed by atoms with Crippen LogP contribution in [0.5, 0.6) is 5.75 Å². The van der Waals surface area contributed by atoms with Crippen LogP contribution < -0.4 is 4.74 Å². The van der Waals surface area contributed by atoms with E-state index in [2.05, 4.69) is 52.9 Å². The molecule has 0 N–H and O–H groups in total. The molecule has 2 heterocycles. The molecule has 9 nitrogen and oxygen atoms in total. The lowest BCUT2D eigenvalue weighted by atomic mass is 9.89. The quantitative estimate of drug-likeness (QED) is 0.0734. The predicted octanol–water partition coefficient (Wildman–Crippen LogP) is 9.99. The smallest absolute Gasteiger partial charge is 0.311 e. The first-order valence-electron chi connectivity index (χ1n) is 19.8. The third-order valence-electron chi connectivity index (χ3n) is 10.7. The van der Waals surface area contributed by atoms with Gasteiger partial charge >= 0.3 is 5.97 Å². The average molecular weight is 751 g/mol. The number of unbranched alkanes of at least 4 members (excludes halogenated alkanes) is 3. The highest BCUT2D eigenvalue weighted by Crippen LogP contribution is 2.41. The molecule has 0 aliphatic carbocycles. The third-order valence-corrected chi connectivity index (χ3v) is 15.3. The van der Waals surface area contributed by atoms with Crippen molar-refractivity contribution < 1.29 is 42.4 Å². The number of hydrogen-bond acceptors (Lipinski definition) is 9. The summed E-state index contributed by atoms with van der Waals surface area (Å²) in [7, 11) is -0.226. The number of carbonyl (C=O) groups excluding carboxylic acids is 1. The summed E-state index contributed by atoms with van der Waals surface area (Å²) in [5.74, 6) is -0.476. The van der Waals surface area contributed by atoms with Gasteiger partial charge in [-0.05, 0) is 116 Å². The lowest BCUT2D eigenvalue weighted by Crippen LogP contribution is -2.41. The Balaban J connectivity index is 1.62. The molecule has 10 heteroatoms. The lowest BCUT2D eigenvalue weighted by Gasteiger charge is -2.36. The van der Waals surface area contributed by atoms with Crippen LogP contribution in [0.15, 0.2) is 24.3 Å². The highest BCUT2D eigenvalue weighted by Gasteiger charge is 2.48. The van der Waals surface area contributed by atoms with Gasteiger partial charge < -0.3 is 37.6 Å². The van der Waals surface area contributed by atoms with Crippen molar-refractivity contribution in [3.63, 3.8) is 0 Å². The van der Waals surface area contributed by atoms with Crippen molar-refractivity contribution >= 4 is 14.3 Å². The Bertz CT molecular complexity index is 1220. The predicted molar refractivity (Wildman–Crippen MR) is 209 cm³/mol. The van der Waals surface area contributed by atoms with Crippen molar-refractivity contribution in [3.05, 3.63) is 29.8 Å². The van der Waals surface area contributed by atoms with Crippen molar-refractivity contribution in [2.75, 3.05) is 20.3 Å². The minimum Gasteiger partial charge on any atom is -0.497 e. The second-order valence-electron chi connectivity index (χ2n) is 18.6. The number of esters is 1. The molecule has 52 heavy (non-hydrogen) atoms. The maximum atomic E-state index is 12.0. The van der Waals surface area contributed by atoms with Gasteiger partial charge in [-0.1, -0.05) is 59.1 Å². The van der Waals surface area contributed by atoms with Crippen LogP contribution >= 0.6 is 0 Å². The van der Waals surface area contributed by atoms with Gasteiger partial charge in [0.2, 0.25) is 0 Å². The molecule has 6 atom stereocenters. The molecule has 0 bridgehead atoms. The molecule has 2 fully saturated rings. The van der Waals surface area contributed by atoms with Gasteiger partial charge in [-0.25, -0.2) is 0 Å². The number of hydrogen-bond donors (Lipinski definition) is 0. The topological polar surface area (TPSA) is 90.9 Å². The first-order valence-corrected chi connectivity index (χ1v) is 22.7. The maximum Gasteiger partial charge on any atom is 0.311 e. The Morgan fingerprint density at radius 2 is 1.40 bits per heavy atom. The number of benzene rings is 1. The number of ether oxygens (including phenoxy) is 7. The fourth-order valence-corrected chi connectivity index (χ4v) is 7.75. The first kappa shape index (κ1) is 44.9. The third kappa shape index (κ3) is 14.3. The standard InChI is InChI=1S/C42H74O9Si/c1-30(27-35-34(48-41(8,9)49-35)19-17-15-16-18-25-45-38(43)39(2,3)4)37-36(50-42(10,11)51-37)28-33(24-26-47-52(13,14)40(5,6)7)46-29-31-20-22-32(44-12)23-21-31/h20-23,30,33-37H,15-19,24-29H2,1-14H3/t30-,33-,34-,35-,36-,37+/m0/s1. The van der Waals surface area contributed by atoms with Crippen LogP contribution in [-0.2, 0) is 44.2 Å². The van der Waals surface area contributed by atoms with E-state index in [1.165, 1.54) is 0 Å². The van der Waals surface area contributed by atoms with Gasteiger partial charge in [-0.3, -0.25) is 4.79 Å². The van der Waals surface area contributed by atoms with Crippen molar-refractivity contribution in [3.8, 4) is 5.75 Å². The summed E-state index contributed by atoms with van der Waals surface area (Å²) in [4.78, 5) is 12.0. The first-order chi connectivity index (χ1) is 24.0. The lowest BCUT2D eigenvalue weighted by molar-refractivity contribution is -0.157. The maximum absolute atomic E-state index is 12.0. The van der Waals surface area contributed by atoms with Crippen molar-refractivity contribution in [2.45, 2.75) is 194 Å². The van der Waals surface area contributed by atoms with E-state index in [1.807, 2.05) is 60.6 Å². The van der Waals surface area contributed by atoms with E-state index >= 15 is 0 Å². The molecular formula is C42H74O9Si. The van der Waals surface area contributed by atoms with Crippen LogP contribution in [0.1, 0.15) is 133 Å². The zero-order valence-electron chi connectivity index (χ0n) is 35.2. The van der Waals surface area contributed by atoms with Gasteiger partial charge in [0.25, 0.3) is 0 Å². The van der Waals surface area contributed by atoms with Crippen LogP contribution in [0.25, 0.3) is 0 Å². The highest BCUT2D eigenvalue weighted by atomic mass is 28.4. The zero-order valence-corrected chi connectivity index (χ0v) is 36.2. The van der Waals surface area contributed by atoms with Crippen LogP contribution in [0, 0.1) is 11.3 Å². The highest BCUT2D eigenvalue weighted by molar-refractivity contribution is 6.74. The summed E-state index contributed by atoms with van der Waals surface area (Å²) >= 11 is 0. The molecule has 2 aliphatic rings. The Morgan fingerprint density at radius 3 is 2.02 bits per heavy atom. The van der Waals surface area contributed by atoms with Gasteiger partial charge in [0.15, 0.2) is 19.9 Å². The van der Waals surface area contributed by atoms with Gasteiger partial charge in [0.05, 0.1) is 56.3 Å². The molecule has 0 aromatic heterocycles. The molecule has 300 valence electrons. The molecule has 0 radical (unpaired) electrons. The molecule has 0 spiro atoms. The summed E-state index contributed by atoms with van der Waals surface area (Å²) in [6.45, 7) is 29.0. The monoisotopic (exact) mass is 751 g/mol. The molecule has 1 aromatic rings. The van der Waals surface area contributed by atoms with Gasteiger partial charge in [-0.2, -0.15) is 0 Å². The van der Waals surface area contributed by atoms with Crippen LogP contribution in [0.4, 0.5) is 0 Å². The van der Waals surface area contributed by atoms with E-state index in [0.717, 1.165) is 56.3 Å². The van der Waals surface area contributed by atoms with Gasteiger partial charge in [0.1, 0.15) is 5.75 Å². The molecule has 1 aromatic carbocycles. The molecule has 0 amide bonds. The SMILES string of the molecule is COc1ccc(CO[C@@H](CCO[Si](C)(C)C(C)(C)C)C[C@@H]2OC(C)(C)O[C@@H]2[C@@H](C)C[C@@H]2OC(C)(C)O[C@H]2CCCCCCOC(=O)C(C)(C)C)cc1. The van der Waals surface area contributed by atoms with Crippen molar-refractivity contribution in [1.29, 1.82) is 0 Å². The second-order valence-corrected chi connectivity index (χ2v) is 23.4. The van der Waals surface area contributed by atoms with Gasteiger partial charge in [0, 0.05) is 13.0 Å². The Morgan fingerprint density at radius 1 is 0.808 bits per heavy atom. The van der Waals surface area contributed by atoms with E-state index in [9.17, 15) is 4.79 Å². The zero-order chi connectivity index (χ0) is 39.0. The molecule has 0 unspecified atom stereocenters. The fraction of sp³-hybridized carbons (Fsp3) is 0.833. The largest absolute Gasteiger partial charge is 0.497 e. The average Bonchev–Trinajstić information content (AvgIpc) is 3.50. The van der Waals surface area contributed by atoms with Crippen LogP contribution in [0.3, 0.4) is 0 Å². The summed E-state index contributed by atoms with van der Waals surface area (Å²) in [5, 5.41) is 0.139. The van der Waals surface area contributed by atoms with E-state index in [-0.39, 0.29) is 47.4 Å². The normalized spacial score (nSPS) is 24.5. The van der Waals surface area contributed by atoms with E-state index in [4.69, 9.17) is 37.6 Å². The Hall–Kier alpha value is -1.53. The number of carbonyl (C=O) groups is 1. The minimum atomic E-state index is -1.91. The molecular weight excluding hydrogens is 677 g/mol. The molecule has 3 rings (SSSR count). The van der Waals surface area contributed by atoms with Crippen molar-refractivity contribution in [2.24, 2.45) is 11.3 Å².